The predicted octanol–water partition coefficient (Wildman–Crippen LogP) is 2.21. The molecule has 1 amide bonds. The summed E-state index contributed by atoms with van der Waals surface area (Å²) in [6.07, 6.45) is 3.35. The molecule has 0 fully saturated rings. The van der Waals surface area contributed by atoms with E-state index in [1.54, 1.807) is 17.1 Å². The third-order valence-corrected chi connectivity index (χ3v) is 3.58. The number of pyridine rings is 1. The molecule has 0 bridgehead atoms. The summed E-state index contributed by atoms with van der Waals surface area (Å²) in [7, 11) is 0. The Morgan fingerprint density at radius 2 is 1.96 bits per heavy atom. The Kier molecular flexibility index (Phi) is 4.42. The molecule has 6 nitrogen and oxygen atoms in total. The second-order valence-electron chi connectivity index (χ2n) is 5.17. The summed E-state index contributed by atoms with van der Waals surface area (Å²) in [5, 5.41) is 10.8. The average molecular weight is 307 g/mol. The second-order valence-corrected chi connectivity index (χ2v) is 5.17. The normalized spacial score (nSPS) is 11.9. The zero-order valence-electron chi connectivity index (χ0n) is 12.8. The molecule has 0 aliphatic heterocycles. The molecule has 2 heterocycles. The van der Waals surface area contributed by atoms with Crippen molar-refractivity contribution in [2.75, 3.05) is 0 Å². The van der Waals surface area contributed by atoms with Gasteiger partial charge in [0.2, 0.25) is 0 Å². The fraction of sp³-hybridized carbons (Fsp3) is 0.176. The van der Waals surface area contributed by atoms with E-state index in [4.69, 9.17) is 0 Å². The first-order valence-corrected chi connectivity index (χ1v) is 7.39. The van der Waals surface area contributed by atoms with E-state index >= 15 is 0 Å². The lowest BCUT2D eigenvalue weighted by Crippen LogP contribution is -2.23. The Morgan fingerprint density at radius 3 is 2.70 bits per heavy atom. The van der Waals surface area contributed by atoms with Crippen LogP contribution in [0.3, 0.4) is 0 Å². The Morgan fingerprint density at radius 1 is 1.17 bits per heavy atom. The highest BCUT2D eigenvalue weighted by Crippen LogP contribution is 2.16. The molecule has 116 valence electrons. The molecule has 1 aromatic carbocycles. The number of amides is 1. The lowest BCUT2D eigenvalue weighted by molar-refractivity contribution is 0.0945. The van der Waals surface area contributed by atoms with E-state index in [9.17, 15) is 4.79 Å². The van der Waals surface area contributed by atoms with Gasteiger partial charge in [0.15, 0.2) is 5.69 Å². The summed E-state index contributed by atoms with van der Waals surface area (Å²) in [4.78, 5) is 16.3. The number of nitrogens with zero attached hydrogens (tertiary/aromatic N) is 4. The maximum atomic E-state index is 12.1. The highest BCUT2D eigenvalue weighted by Gasteiger charge is 2.14. The largest absolute Gasteiger partial charge is 0.345 e. The van der Waals surface area contributed by atoms with Crippen molar-refractivity contribution in [3.05, 3.63) is 77.9 Å². The van der Waals surface area contributed by atoms with E-state index in [0.29, 0.717) is 12.2 Å². The predicted molar refractivity (Wildman–Crippen MR) is 85.7 cm³/mol. The van der Waals surface area contributed by atoms with E-state index in [-0.39, 0.29) is 11.9 Å². The number of nitrogens with one attached hydrogen (secondary N) is 1. The van der Waals surface area contributed by atoms with Crippen LogP contribution in [0.4, 0.5) is 0 Å². The molecule has 0 aliphatic rings. The van der Waals surface area contributed by atoms with Crippen molar-refractivity contribution in [2.24, 2.45) is 0 Å². The Balaban J connectivity index is 1.65. The molecule has 1 atom stereocenters. The highest BCUT2D eigenvalue weighted by molar-refractivity contribution is 5.91. The van der Waals surface area contributed by atoms with Gasteiger partial charge < -0.3 is 5.32 Å². The summed E-state index contributed by atoms with van der Waals surface area (Å²) in [6.45, 7) is 2.38. The number of carbonyl (C=O) groups is 1. The average Bonchev–Trinajstić information content (AvgIpc) is 3.11. The van der Waals surface area contributed by atoms with Crippen LogP contribution in [0.1, 0.15) is 34.7 Å². The fourth-order valence-electron chi connectivity index (χ4n) is 2.22. The first-order chi connectivity index (χ1) is 11.2. The van der Waals surface area contributed by atoms with Crippen LogP contribution in [0.25, 0.3) is 0 Å². The van der Waals surface area contributed by atoms with E-state index in [1.165, 1.54) is 0 Å². The van der Waals surface area contributed by atoms with E-state index in [1.807, 2.05) is 55.5 Å². The standard InChI is InChI=1S/C17H17N5O/c1-13(14-7-3-2-4-8-14)22-12-16(20-21-22)17(23)19-11-15-9-5-6-10-18-15/h2-10,12-13H,11H2,1H3,(H,19,23)/t13-/m1/s1. The van der Waals surface area contributed by atoms with Gasteiger partial charge in [0, 0.05) is 6.20 Å². The van der Waals surface area contributed by atoms with Crippen molar-refractivity contribution < 1.29 is 4.79 Å². The first kappa shape index (κ1) is 14.9. The Bertz CT molecular complexity index is 770. The van der Waals surface area contributed by atoms with Crippen molar-refractivity contribution in [2.45, 2.75) is 19.5 Å². The van der Waals surface area contributed by atoms with Crippen LogP contribution in [0, 0.1) is 0 Å². The number of benzene rings is 1. The third-order valence-electron chi connectivity index (χ3n) is 3.58. The quantitative estimate of drug-likeness (QED) is 0.784. The maximum Gasteiger partial charge on any atom is 0.273 e. The monoisotopic (exact) mass is 307 g/mol. The van der Waals surface area contributed by atoms with Crippen LogP contribution >= 0.6 is 0 Å². The van der Waals surface area contributed by atoms with Gasteiger partial charge in [-0.1, -0.05) is 41.6 Å². The van der Waals surface area contributed by atoms with Gasteiger partial charge in [0.05, 0.1) is 24.5 Å². The van der Waals surface area contributed by atoms with Crippen LogP contribution in [0.2, 0.25) is 0 Å². The van der Waals surface area contributed by atoms with Crippen molar-refractivity contribution in [3.8, 4) is 0 Å². The van der Waals surface area contributed by atoms with Crippen LogP contribution in [0.15, 0.2) is 60.9 Å². The minimum Gasteiger partial charge on any atom is -0.345 e. The van der Waals surface area contributed by atoms with Crippen LogP contribution in [-0.2, 0) is 6.54 Å². The molecular weight excluding hydrogens is 290 g/mol. The highest BCUT2D eigenvalue weighted by atomic mass is 16.2. The van der Waals surface area contributed by atoms with E-state index in [2.05, 4.69) is 20.6 Å². The summed E-state index contributed by atoms with van der Waals surface area (Å²) < 4.78 is 1.69. The van der Waals surface area contributed by atoms with Crippen LogP contribution < -0.4 is 5.32 Å². The third kappa shape index (κ3) is 3.60. The maximum absolute atomic E-state index is 12.1. The Hall–Kier alpha value is -3.02. The fourth-order valence-corrected chi connectivity index (χ4v) is 2.22. The zero-order valence-corrected chi connectivity index (χ0v) is 12.8. The topological polar surface area (TPSA) is 72.7 Å². The number of rotatable bonds is 5. The van der Waals surface area contributed by atoms with Crippen molar-refractivity contribution in [1.29, 1.82) is 0 Å². The van der Waals surface area contributed by atoms with Crippen LogP contribution in [-0.4, -0.2) is 25.9 Å². The van der Waals surface area contributed by atoms with Gasteiger partial charge >= 0.3 is 0 Å². The van der Waals surface area contributed by atoms with Gasteiger partial charge in [0.25, 0.3) is 5.91 Å². The number of hydrogen-bond acceptors (Lipinski definition) is 4. The molecule has 3 aromatic rings. The van der Waals surface area contributed by atoms with Gasteiger partial charge in [-0.15, -0.1) is 5.10 Å². The molecule has 0 aliphatic carbocycles. The minimum absolute atomic E-state index is 0.0149. The molecule has 0 unspecified atom stereocenters. The zero-order chi connectivity index (χ0) is 16.1. The molecule has 1 N–H and O–H groups in total. The van der Waals surface area contributed by atoms with Gasteiger partial charge in [-0.25, -0.2) is 4.68 Å². The van der Waals surface area contributed by atoms with Gasteiger partial charge in [-0.2, -0.15) is 0 Å². The smallest absolute Gasteiger partial charge is 0.273 e. The van der Waals surface area contributed by atoms with Gasteiger partial charge in [0.1, 0.15) is 0 Å². The summed E-state index contributed by atoms with van der Waals surface area (Å²) >= 11 is 0. The number of carbonyl (C=O) groups excluding carboxylic acids is 1. The van der Waals surface area contributed by atoms with Gasteiger partial charge in [-0.05, 0) is 24.6 Å². The molecule has 0 spiro atoms. The molecule has 0 saturated carbocycles. The number of aromatic nitrogens is 4. The van der Waals surface area contributed by atoms with E-state index < -0.39 is 0 Å². The molecular formula is C17H17N5O. The molecule has 3 rings (SSSR count). The molecule has 2 aromatic heterocycles. The first-order valence-electron chi connectivity index (χ1n) is 7.39. The second kappa shape index (κ2) is 6.83. The summed E-state index contributed by atoms with van der Waals surface area (Å²) in [6, 6.07) is 15.5. The van der Waals surface area contributed by atoms with Crippen LogP contribution in [0.5, 0.6) is 0 Å². The Labute approximate surface area is 134 Å². The summed E-state index contributed by atoms with van der Waals surface area (Å²) in [5.41, 5.74) is 2.20. The summed E-state index contributed by atoms with van der Waals surface area (Å²) in [5.74, 6) is -0.262. The van der Waals surface area contributed by atoms with E-state index in [0.717, 1.165) is 11.3 Å². The molecule has 0 radical (unpaired) electrons. The molecule has 0 saturated heterocycles. The van der Waals surface area contributed by atoms with Crippen molar-refractivity contribution in [3.63, 3.8) is 0 Å². The molecule has 23 heavy (non-hydrogen) atoms. The lowest BCUT2D eigenvalue weighted by atomic mass is 10.1. The lowest BCUT2D eigenvalue weighted by Gasteiger charge is -2.10. The SMILES string of the molecule is C[C@H](c1ccccc1)n1cc(C(=O)NCc2ccccn2)nn1. The molecule has 6 heteroatoms. The minimum atomic E-state index is -0.262. The van der Waals surface area contributed by atoms with Crippen molar-refractivity contribution in [1.82, 2.24) is 25.3 Å². The number of hydrogen-bond donors (Lipinski definition) is 1. The van der Waals surface area contributed by atoms with Crippen molar-refractivity contribution >= 4 is 5.91 Å². The van der Waals surface area contributed by atoms with Gasteiger partial charge in [-0.3, -0.25) is 9.78 Å².